The quantitative estimate of drug-likeness (QED) is 0.867. The summed E-state index contributed by atoms with van der Waals surface area (Å²) in [5, 5.41) is 12.6. The fourth-order valence-electron chi connectivity index (χ4n) is 2.25. The van der Waals surface area contributed by atoms with Crippen molar-refractivity contribution in [2.24, 2.45) is 5.92 Å². The molecule has 1 aromatic carbocycles. The van der Waals surface area contributed by atoms with Crippen LogP contribution < -0.4 is 5.32 Å². The molecular weight excluding hydrogens is 233 g/mol. The number of carbonyl (C=O) groups is 1. The molecule has 0 aromatic heterocycles. The van der Waals surface area contributed by atoms with E-state index in [1.807, 2.05) is 13.8 Å². The first-order valence-corrected chi connectivity index (χ1v) is 6.27. The van der Waals surface area contributed by atoms with E-state index < -0.39 is 11.9 Å². The molecule has 1 heterocycles. The van der Waals surface area contributed by atoms with Crippen LogP contribution in [0.25, 0.3) is 0 Å². The maximum absolute atomic E-state index is 13.9. The third-order valence-electron chi connectivity index (χ3n) is 3.16. The van der Waals surface area contributed by atoms with Crippen LogP contribution in [-0.4, -0.2) is 11.0 Å². The first-order chi connectivity index (χ1) is 8.47. The molecule has 2 rings (SSSR count). The van der Waals surface area contributed by atoms with Gasteiger partial charge in [-0.15, -0.1) is 0 Å². The Bertz CT molecular complexity index is 471. The van der Waals surface area contributed by atoms with Crippen molar-refractivity contribution in [1.29, 1.82) is 0 Å². The lowest BCUT2D eigenvalue weighted by Crippen LogP contribution is -2.20. The molecule has 98 valence electrons. The summed E-state index contributed by atoms with van der Waals surface area (Å²) in [6, 6.07) is 3.11. The highest BCUT2D eigenvalue weighted by Gasteiger charge is 2.21. The van der Waals surface area contributed by atoms with Crippen LogP contribution in [0.15, 0.2) is 12.1 Å². The smallest absolute Gasteiger partial charge is 0.224 e. The zero-order valence-electron chi connectivity index (χ0n) is 10.7. The van der Waals surface area contributed by atoms with Gasteiger partial charge in [-0.25, -0.2) is 4.39 Å². The monoisotopic (exact) mass is 251 g/mol. The number of hydrogen-bond donors (Lipinski definition) is 2. The summed E-state index contributed by atoms with van der Waals surface area (Å²) in [5.41, 5.74) is 1.63. The summed E-state index contributed by atoms with van der Waals surface area (Å²) >= 11 is 0. The molecule has 4 heteroatoms. The van der Waals surface area contributed by atoms with Crippen molar-refractivity contribution in [2.45, 2.75) is 39.2 Å². The molecule has 1 aliphatic rings. The van der Waals surface area contributed by atoms with Gasteiger partial charge in [0.1, 0.15) is 5.82 Å². The molecule has 1 aromatic rings. The number of anilines is 1. The highest BCUT2D eigenvalue weighted by molar-refractivity contribution is 5.94. The molecule has 0 saturated heterocycles. The zero-order valence-corrected chi connectivity index (χ0v) is 10.7. The molecule has 1 aliphatic heterocycles. The third-order valence-corrected chi connectivity index (χ3v) is 3.16. The Morgan fingerprint density at radius 3 is 2.78 bits per heavy atom. The van der Waals surface area contributed by atoms with Crippen molar-refractivity contribution < 1.29 is 14.3 Å². The van der Waals surface area contributed by atoms with Crippen LogP contribution in [0.2, 0.25) is 0 Å². The lowest BCUT2D eigenvalue weighted by Gasteiger charge is -2.21. The molecule has 1 atom stereocenters. The van der Waals surface area contributed by atoms with Crippen molar-refractivity contribution in [3.63, 3.8) is 0 Å². The van der Waals surface area contributed by atoms with E-state index in [0.717, 1.165) is 5.56 Å². The van der Waals surface area contributed by atoms with Gasteiger partial charge >= 0.3 is 0 Å². The number of nitrogens with one attached hydrogen (secondary N) is 1. The molecule has 1 unspecified atom stereocenters. The number of aliphatic hydroxyl groups is 1. The van der Waals surface area contributed by atoms with Gasteiger partial charge < -0.3 is 10.4 Å². The minimum Gasteiger partial charge on any atom is -0.388 e. The Labute approximate surface area is 106 Å². The van der Waals surface area contributed by atoms with Gasteiger partial charge in [-0.1, -0.05) is 19.9 Å². The Morgan fingerprint density at radius 2 is 2.11 bits per heavy atom. The van der Waals surface area contributed by atoms with E-state index in [-0.39, 0.29) is 11.6 Å². The van der Waals surface area contributed by atoms with Crippen LogP contribution in [0.5, 0.6) is 0 Å². The van der Waals surface area contributed by atoms with Crippen molar-refractivity contribution in [2.75, 3.05) is 5.32 Å². The molecule has 0 aliphatic carbocycles. The second kappa shape index (κ2) is 5.06. The Hall–Kier alpha value is -1.42. The number of benzene rings is 1. The summed E-state index contributed by atoms with van der Waals surface area (Å²) < 4.78 is 13.9. The van der Waals surface area contributed by atoms with Gasteiger partial charge in [0.2, 0.25) is 5.91 Å². The van der Waals surface area contributed by atoms with E-state index >= 15 is 0 Å². The molecule has 1 amide bonds. The topological polar surface area (TPSA) is 49.3 Å². The van der Waals surface area contributed by atoms with E-state index in [0.29, 0.717) is 30.7 Å². The van der Waals surface area contributed by atoms with Gasteiger partial charge in [-0.2, -0.15) is 0 Å². The number of hydrogen-bond acceptors (Lipinski definition) is 2. The maximum atomic E-state index is 13.9. The molecule has 3 nitrogen and oxygen atoms in total. The minimum absolute atomic E-state index is 0.156. The average molecular weight is 251 g/mol. The average Bonchev–Trinajstić information content (AvgIpc) is 2.29. The second-order valence-electron chi connectivity index (χ2n) is 5.23. The standard InChI is InChI=1S/C14H18FNO2/c1-8(2)5-12(17)10-6-9-3-4-13(18)16-14(9)11(15)7-10/h6-8,12,17H,3-5H2,1-2H3,(H,16,18). The van der Waals surface area contributed by atoms with Gasteiger partial charge in [-0.3, -0.25) is 4.79 Å². The van der Waals surface area contributed by atoms with Crippen LogP contribution in [0, 0.1) is 11.7 Å². The number of aliphatic hydroxyl groups excluding tert-OH is 1. The molecule has 0 radical (unpaired) electrons. The van der Waals surface area contributed by atoms with Gasteiger partial charge in [0, 0.05) is 6.42 Å². The van der Waals surface area contributed by atoms with Crippen LogP contribution in [0.1, 0.15) is 43.9 Å². The van der Waals surface area contributed by atoms with Crippen molar-refractivity contribution >= 4 is 11.6 Å². The lowest BCUT2D eigenvalue weighted by atomic mass is 9.94. The predicted octanol–water partition coefficient (Wildman–Crippen LogP) is 2.79. The zero-order chi connectivity index (χ0) is 13.3. The minimum atomic E-state index is -0.651. The Morgan fingerprint density at radius 1 is 1.39 bits per heavy atom. The number of carbonyl (C=O) groups excluding carboxylic acids is 1. The number of fused-ring (bicyclic) bond motifs is 1. The SMILES string of the molecule is CC(C)CC(O)c1cc(F)c2c(c1)CCC(=O)N2. The molecule has 2 N–H and O–H groups in total. The number of halogens is 1. The van der Waals surface area contributed by atoms with Crippen molar-refractivity contribution in [3.05, 3.63) is 29.1 Å². The first kappa shape index (κ1) is 13.0. The summed E-state index contributed by atoms with van der Waals surface area (Å²) in [4.78, 5) is 11.2. The van der Waals surface area contributed by atoms with Crippen LogP contribution >= 0.6 is 0 Å². The van der Waals surface area contributed by atoms with Crippen molar-refractivity contribution in [3.8, 4) is 0 Å². The molecule has 0 spiro atoms. The summed E-state index contributed by atoms with van der Waals surface area (Å²) in [6.45, 7) is 4.02. The Kier molecular flexibility index (Phi) is 3.66. The number of amides is 1. The molecular formula is C14H18FNO2. The first-order valence-electron chi connectivity index (χ1n) is 6.27. The number of aryl methyl sites for hydroxylation is 1. The lowest BCUT2D eigenvalue weighted by molar-refractivity contribution is -0.116. The normalized spacial score (nSPS) is 16.4. The van der Waals surface area contributed by atoms with E-state index in [4.69, 9.17) is 0 Å². The van der Waals surface area contributed by atoms with E-state index in [9.17, 15) is 14.3 Å². The van der Waals surface area contributed by atoms with E-state index in [2.05, 4.69) is 5.32 Å². The summed E-state index contributed by atoms with van der Waals surface area (Å²) in [5.74, 6) is -0.269. The van der Waals surface area contributed by atoms with Crippen LogP contribution in [0.3, 0.4) is 0 Å². The summed E-state index contributed by atoms with van der Waals surface area (Å²) in [6.07, 6.45) is 0.851. The fraction of sp³-hybridized carbons (Fsp3) is 0.500. The summed E-state index contributed by atoms with van der Waals surface area (Å²) in [7, 11) is 0. The highest BCUT2D eigenvalue weighted by Crippen LogP contribution is 2.31. The van der Waals surface area contributed by atoms with E-state index in [1.165, 1.54) is 6.07 Å². The van der Waals surface area contributed by atoms with Gasteiger partial charge in [-0.05, 0) is 36.0 Å². The van der Waals surface area contributed by atoms with Gasteiger partial charge in [0.25, 0.3) is 0 Å². The molecule has 18 heavy (non-hydrogen) atoms. The highest BCUT2D eigenvalue weighted by atomic mass is 19.1. The molecule has 0 fully saturated rings. The predicted molar refractivity (Wildman–Crippen MR) is 67.8 cm³/mol. The van der Waals surface area contributed by atoms with E-state index in [1.54, 1.807) is 6.07 Å². The van der Waals surface area contributed by atoms with Gasteiger partial charge in [0.05, 0.1) is 11.8 Å². The Balaban J connectivity index is 2.30. The van der Waals surface area contributed by atoms with Crippen LogP contribution in [0.4, 0.5) is 10.1 Å². The number of rotatable bonds is 3. The van der Waals surface area contributed by atoms with Gasteiger partial charge in [0.15, 0.2) is 0 Å². The largest absolute Gasteiger partial charge is 0.388 e. The fourth-order valence-corrected chi connectivity index (χ4v) is 2.25. The maximum Gasteiger partial charge on any atom is 0.224 e. The van der Waals surface area contributed by atoms with Crippen LogP contribution in [-0.2, 0) is 11.2 Å². The second-order valence-corrected chi connectivity index (χ2v) is 5.23. The molecule has 0 bridgehead atoms. The van der Waals surface area contributed by atoms with Crippen molar-refractivity contribution in [1.82, 2.24) is 0 Å². The third kappa shape index (κ3) is 2.70. The molecule has 0 saturated carbocycles.